The van der Waals surface area contributed by atoms with Gasteiger partial charge in [0.1, 0.15) is 5.75 Å². The van der Waals surface area contributed by atoms with E-state index in [-0.39, 0.29) is 0 Å². The van der Waals surface area contributed by atoms with Gasteiger partial charge in [0.05, 0.1) is 12.7 Å². The van der Waals surface area contributed by atoms with E-state index in [1.165, 1.54) is 0 Å². The van der Waals surface area contributed by atoms with Crippen LogP contribution in [-0.4, -0.2) is 6.10 Å². The maximum absolute atomic E-state index is 6.81. The molecule has 1 aromatic carbocycles. The summed E-state index contributed by atoms with van der Waals surface area (Å²) in [6.07, 6.45) is 2.72. The van der Waals surface area contributed by atoms with E-state index < -0.39 is 0 Å². The smallest absolute Gasteiger partial charge is 0.190 e. The van der Waals surface area contributed by atoms with Gasteiger partial charge in [-0.3, -0.25) is 0 Å². The highest BCUT2D eigenvalue weighted by Gasteiger charge is 2.23. The van der Waals surface area contributed by atoms with E-state index in [1.54, 1.807) is 12.1 Å². The van der Waals surface area contributed by atoms with Gasteiger partial charge in [0.2, 0.25) is 0 Å². The highest BCUT2D eigenvalue weighted by Crippen LogP contribution is 2.28. The molecule has 0 atom stereocenters. The monoisotopic (exact) mass is 159 g/mol. The van der Waals surface area contributed by atoms with Crippen LogP contribution in [0, 0.1) is 6.57 Å². The van der Waals surface area contributed by atoms with Crippen LogP contribution in [0.3, 0.4) is 0 Å². The molecule has 0 amide bonds. The van der Waals surface area contributed by atoms with E-state index in [4.69, 9.17) is 11.3 Å². The minimum atomic E-state index is 0.408. The van der Waals surface area contributed by atoms with Crippen molar-refractivity contribution in [2.45, 2.75) is 18.9 Å². The van der Waals surface area contributed by atoms with E-state index >= 15 is 0 Å². The predicted molar refractivity (Wildman–Crippen MR) is 46.4 cm³/mol. The Morgan fingerprint density at radius 1 is 1.42 bits per heavy atom. The quantitative estimate of drug-likeness (QED) is 0.605. The van der Waals surface area contributed by atoms with Crippen molar-refractivity contribution < 1.29 is 4.74 Å². The van der Waals surface area contributed by atoms with Crippen molar-refractivity contribution in [1.29, 1.82) is 0 Å². The Morgan fingerprint density at radius 3 is 2.92 bits per heavy atom. The summed E-state index contributed by atoms with van der Waals surface area (Å²) >= 11 is 0. The molecule has 1 aliphatic rings. The Morgan fingerprint density at radius 2 is 2.25 bits per heavy atom. The van der Waals surface area contributed by atoms with Crippen LogP contribution in [0.5, 0.6) is 5.75 Å². The third-order valence-electron chi connectivity index (χ3n) is 1.77. The SMILES string of the molecule is [C-]#[N+]c1cccc(OC2CC2)c1. The van der Waals surface area contributed by atoms with Gasteiger partial charge in [0.15, 0.2) is 5.69 Å². The van der Waals surface area contributed by atoms with Crippen LogP contribution in [-0.2, 0) is 0 Å². The molecule has 0 radical (unpaired) electrons. The summed E-state index contributed by atoms with van der Waals surface area (Å²) in [4.78, 5) is 3.33. The summed E-state index contributed by atoms with van der Waals surface area (Å²) < 4.78 is 5.52. The lowest BCUT2D eigenvalue weighted by Gasteiger charge is -2.02. The normalized spacial score (nSPS) is 15.2. The molecule has 0 spiro atoms. The molecule has 2 heteroatoms. The highest BCUT2D eigenvalue weighted by molar-refractivity contribution is 5.48. The molecule has 60 valence electrons. The topological polar surface area (TPSA) is 13.6 Å². The summed E-state index contributed by atoms with van der Waals surface area (Å²) in [5, 5.41) is 0. The molecule has 0 saturated heterocycles. The molecule has 1 aliphatic carbocycles. The number of nitrogens with zero attached hydrogens (tertiary/aromatic N) is 1. The van der Waals surface area contributed by atoms with E-state index in [2.05, 4.69) is 4.85 Å². The minimum absolute atomic E-state index is 0.408. The van der Waals surface area contributed by atoms with Crippen molar-refractivity contribution in [1.82, 2.24) is 0 Å². The second kappa shape index (κ2) is 2.86. The van der Waals surface area contributed by atoms with E-state index in [1.807, 2.05) is 12.1 Å². The highest BCUT2D eigenvalue weighted by atomic mass is 16.5. The van der Waals surface area contributed by atoms with E-state index in [0.29, 0.717) is 11.8 Å². The van der Waals surface area contributed by atoms with Crippen molar-refractivity contribution in [2.75, 3.05) is 0 Å². The molecular formula is C10H9NO. The van der Waals surface area contributed by atoms with E-state index in [9.17, 15) is 0 Å². The van der Waals surface area contributed by atoms with E-state index in [0.717, 1.165) is 18.6 Å². The standard InChI is InChI=1S/C10H9NO/c1-11-8-3-2-4-10(7-8)12-9-5-6-9/h2-4,7,9H,5-6H2. The van der Waals surface area contributed by atoms with Crippen molar-refractivity contribution in [3.05, 3.63) is 35.7 Å². The molecule has 1 aromatic rings. The molecule has 1 saturated carbocycles. The Bertz CT molecular complexity index is 323. The zero-order valence-electron chi connectivity index (χ0n) is 6.66. The first-order chi connectivity index (χ1) is 5.88. The van der Waals surface area contributed by atoms with Gasteiger partial charge >= 0.3 is 0 Å². The average Bonchev–Trinajstić information content (AvgIpc) is 2.89. The van der Waals surface area contributed by atoms with Gasteiger partial charge in [-0.25, -0.2) is 4.85 Å². The summed E-state index contributed by atoms with van der Waals surface area (Å²) in [7, 11) is 0. The molecule has 0 unspecified atom stereocenters. The van der Waals surface area contributed by atoms with Crippen LogP contribution in [0.15, 0.2) is 24.3 Å². The fourth-order valence-corrected chi connectivity index (χ4v) is 1.00. The lowest BCUT2D eigenvalue weighted by atomic mass is 10.3. The molecule has 1 fully saturated rings. The first-order valence-corrected chi connectivity index (χ1v) is 4.02. The fraction of sp³-hybridized carbons (Fsp3) is 0.300. The zero-order valence-corrected chi connectivity index (χ0v) is 6.66. The van der Waals surface area contributed by atoms with Crippen LogP contribution in [0.1, 0.15) is 12.8 Å². The minimum Gasteiger partial charge on any atom is -0.492 e. The Hall–Kier alpha value is -1.49. The maximum atomic E-state index is 6.81. The second-order valence-electron chi connectivity index (χ2n) is 2.93. The maximum Gasteiger partial charge on any atom is 0.190 e. The summed E-state index contributed by atoms with van der Waals surface area (Å²) in [5.74, 6) is 0.825. The summed E-state index contributed by atoms with van der Waals surface area (Å²) in [5.41, 5.74) is 0.646. The van der Waals surface area contributed by atoms with Gasteiger partial charge in [-0.1, -0.05) is 12.1 Å². The lowest BCUT2D eigenvalue weighted by molar-refractivity contribution is 0.303. The van der Waals surface area contributed by atoms with Gasteiger partial charge in [-0.05, 0) is 25.0 Å². The summed E-state index contributed by atoms with van der Waals surface area (Å²) in [6.45, 7) is 6.81. The Balaban J connectivity index is 2.15. The van der Waals surface area contributed by atoms with Crippen LogP contribution in [0.2, 0.25) is 0 Å². The summed E-state index contributed by atoms with van der Waals surface area (Å²) in [6, 6.07) is 7.32. The number of ether oxygens (including phenoxy) is 1. The molecule has 0 aromatic heterocycles. The number of benzene rings is 1. The van der Waals surface area contributed by atoms with Crippen molar-refractivity contribution in [3.63, 3.8) is 0 Å². The Labute approximate surface area is 71.6 Å². The van der Waals surface area contributed by atoms with Crippen molar-refractivity contribution in [3.8, 4) is 5.75 Å². The molecule has 12 heavy (non-hydrogen) atoms. The Kier molecular flexibility index (Phi) is 1.71. The third kappa shape index (κ3) is 1.57. The molecule has 0 bridgehead atoms. The van der Waals surface area contributed by atoms with Crippen LogP contribution in [0.25, 0.3) is 4.85 Å². The number of hydrogen-bond acceptors (Lipinski definition) is 1. The number of rotatable bonds is 2. The third-order valence-corrected chi connectivity index (χ3v) is 1.77. The van der Waals surface area contributed by atoms with Crippen molar-refractivity contribution in [2.24, 2.45) is 0 Å². The largest absolute Gasteiger partial charge is 0.492 e. The molecular weight excluding hydrogens is 150 g/mol. The van der Waals surface area contributed by atoms with Gasteiger partial charge in [0, 0.05) is 0 Å². The van der Waals surface area contributed by atoms with Gasteiger partial charge in [0.25, 0.3) is 0 Å². The first kappa shape index (κ1) is 7.17. The molecule has 2 nitrogen and oxygen atoms in total. The van der Waals surface area contributed by atoms with Crippen LogP contribution < -0.4 is 4.74 Å². The van der Waals surface area contributed by atoms with Crippen molar-refractivity contribution >= 4 is 5.69 Å². The van der Waals surface area contributed by atoms with Crippen LogP contribution in [0.4, 0.5) is 5.69 Å². The lowest BCUT2D eigenvalue weighted by Crippen LogP contribution is -1.94. The van der Waals surface area contributed by atoms with Crippen LogP contribution >= 0.6 is 0 Å². The predicted octanol–water partition coefficient (Wildman–Crippen LogP) is 2.78. The fourth-order valence-electron chi connectivity index (χ4n) is 1.00. The average molecular weight is 159 g/mol. The van der Waals surface area contributed by atoms with Gasteiger partial charge in [-0.2, -0.15) is 0 Å². The first-order valence-electron chi connectivity index (χ1n) is 4.02. The van der Waals surface area contributed by atoms with Gasteiger partial charge < -0.3 is 4.74 Å². The second-order valence-corrected chi connectivity index (χ2v) is 2.93. The molecule has 0 heterocycles. The molecule has 0 N–H and O–H groups in total. The number of hydrogen-bond donors (Lipinski definition) is 0. The van der Waals surface area contributed by atoms with Gasteiger partial charge in [-0.15, -0.1) is 0 Å². The zero-order chi connectivity index (χ0) is 8.39. The molecule has 0 aliphatic heterocycles. The molecule has 2 rings (SSSR count).